The molecule has 2 bridgehead atoms. The van der Waals surface area contributed by atoms with Crippen molar-refractivity contribution in [2.45, 2.75) is 96.2 Å². The number of thiophene rings is 1. The van der Waals surface area contributed by atoms with Crippen LogP contribution in [0.25, 0.3) is 0 Å². The third-order valence-electron chi connectivity index (χ3n) is 11.3. The number of ketones is 1. The maximum absolute atomic E-state index is 14.3. The van der Waals surface area contributed by atoms with Gasteiger partial charge in [0, 0.05) is 42.7 Å². The molecule has 4 atom stereocenters. The van der Waals surface area contributed by atoms with Gasteiger partial charge in [-0.1, -0.05) is 36.8 Å². The first-order chi connectivity index (χ1) is 24.4. The van der Waals surface area contributed by atoms with Gasteiger partial charge in [0.15, 0.2) is 11.5 Å². The van der Waals surface area contributed by atoms with E-state index in [9.17, 15) is 19.8 Å². The molecule has 1 saturated carbocycles. The van der Waals surface area contributed by atoms with E-state index in [4.69, 9.17) is 14.2 Å². The largest absolute Gasteiger partial charge is 0.493 e. The zero-order valence-corrected chi connectivity index (χ0v) is 31.9. The summed E-state index contributed by atoms with van der Waals surface area (Å²) in [4.78, 5) is 31.9. The molecular weight excluding hydrogens is 663 g/mol. The Morgan fingerprint density at radius 1 is 0.980 bits per heavy atom. The van der Waals surface area contributed by atoms with Gasteiger partial charge in [0.1, 0.15) is 0 Å². The van der Waals surface area contributed by atoms with Crippen molar-refractivity contribution in [1.29, 1.82) is 0 Å². The van der Waals surface area contributed by atoms with Crippen LogP contribution in [0.3, 0.4) is 0 Å². The average Bonchev–Trinajstić information content (AvgIpc) is 3.66. The molecule has 1 fully saturated rings. The molecule has 0 radical (unpaired) electrons. The Morgan fingerprint density at radius 2 is 1.76 bits per heavy atom. The number of aliphatic hydroxyl groups is 2. The van der Waals surface area contributed by atoms with Gasteiger partial charge in [0.2, 0.25) is 11.7 Å². The van der Waals surface area contributed by atoms with Crippen molar-refractivity contribution in [3.63, 3.8) is 0 Å². The van der Waals surface area contributed by atoms with Crippen LogP contribution in [0.2, 0.25) is 0 Å². The molecular formula is C42H55NO7S. The molecule has 0 saturated heterocycles. The van der Waals surface area contributed by atoms with Crippen LogP contribution in [0.5, 0.6) is 11.5 Å². The average molecular weight is 718 g/mol. The topological polar surface area (TPSA) is 106 Å². The first-order valence-electron chi connectivity index (χ1n) is 18.2. The van der Waals surface area contributed by atoms with Crippen LogP contribution in [0.4, 0.5) is 0 Å². The van der Waals surface area contributed by atoms with Gasteiger partial charge in [-0.2, -0.15) is 0 Å². The van der Waals surface area contributed by atoms with E-state index in [0.29, 0.717) is 73.6 Å². The number of amides is 1. The van der Waals surface area contributed by atoms with E-state index in [1.54, 1.807) is 32.3 Å². The highest BCUT2D eigenvalue weighted by atomic mass is 32.1. The second kappa shape index (κ2) is 16.9. The number of aryl methyl sites for hydroxylation is 1. The molecule has 6 rings (SSSR count). The lowest BCUT2D eigenvalue weighted by Gasteiger charge is -2.46. The minimum Gasteiger partial charge on any atom is -0.493 e. The molecule has 276 valence electrons. The zero-order valence-electron chi connectivity index (χ0n) is 31.1. The standard InChI is InChI=1S/C42H55NO7S/c1-28-9-7-19-41(3)35(33-15-12-30(23-32(44)14-10-28)24-34(33)40(46)38-17-11-29(2)51-38)18-20-42(41,47)27-43(21-8-22-48-4)39(45)26-31-13-16-36(49-5)37(25-31)50-6/h9,11-13,15-17,24-25,32,35,44,47H,7-8,10,14,18-23,26-27H2,1-6H3. The number of nitrogens with zero attached hydrogens (tertiary/aromatic N) is 1. The number of carbonyl (C=O) groups is 2. The van der Waals surface area contributed by atoms with E-state index in [-0.39, 0.29) is 30.6 Å². The molecule has 1 amide bonds. The minimum absolute atomic E-state index is 0.0219. The molecule has 3 aliphatic rings. The van der Waals surface area contributed by atoms with Gasteiger partial charge in [0.25, 0.3) is 0 Å². The summed E-state index contributed by atoms with van der Waals surface area (Å²) in [6.07, 6.45) is 7.00. The van der Waals surface area contributed by atoms with Gasteiger partial charge >= 0.3 is 0 Å². The van der Waals surface area contributed by atoms with Gasteiger partial charge in [0.05, 0.1) is 37.2 Å². The maximum atomic E-state index is 14.3. The first-order valence-corrected chi connectivity index (χ1v) is 19.0. The van der Waals surface area contributed by atoms with E-state index in [2.05, 4.69) is 26.0 Å². The molecule has 9 heteroatoms. The Hall–Kier alpha value is -3.50. The summed E-state index contributed by atoms with van der Waals surface area (Å²) >= 11 is 1.49. The van der Waals surface area contributed by atoms with Crippen molar-refractivity contribution < 1.29 is 34.0 Å². The third kappa shape index (κ3) is 8.76. The van der Waals surface area contributed by atoms with Crippen LogP contribution in [-0.4, -0.2) is 79.5 Å². The summed E-state index contributed by atoms with van der Waals surface area (Å²) in [5.41, 5.74) is 2.66. The Kier molecular flexibility index (Phi) is 12.8. The second-order valence-electron chi connectivity index (χ2n) is 14.7. The molecule has 0 aliphatic heterocycles. The number of methoxy groups -OCH3 is 3. The normalized spacial score (nSPS) is 23.6. The molecule has 51 heavy (non-hydrogen) atoms. The summed E-state index contributed by atoms with van der Waals surface area (Å²) in [6.45, 7) is 7.39. The Labute approximate surface area is 307 Å². The summed E-state index contributed by atoms with van der Waals surface area (Å²) in [6, 6.07) is 15.5. The lowest BCUT2D eigenvalue weighted by Crippen LogP contribution is -2.54. The van der Waals surface area contributed by atoms with Crippen LogP contribution >= 0.6 is 11.3 Å². The number of fused-ring (bicyclic) bond motifs is 8. The molecule has 3 aliphatic carbocycles. The number of allylic oxidation sites excluding steroid dienone is 2. The predicted molar refractivity (Wildman–Crippen MR) is 202 cm³/mol. The van der Waals surface area contributed by atoms with Gasteiger partial charge in [-0.25, -0.2) is 0 Å². The molecule has 2 aromatic carbocycles. The Bertz CT molecular complexity index is 1710. The second-order valence-corrected chi connectivity index (χ2v) is 16.0. The van der Waals surface area contributed by atoms with Gasteiger partial charge in [-0.05, 0) is 118 Å². The Balaban J connectivity index is 1.54. The first kappa shape index (κ1) is 38.7. The molecule has 3 aromatic rings. The number of hydrogen-bond donors (Lipinski definition) is 2. The number of ether oxygens (including phenoxy) is 3. The third-order valence-corrected chi connectivity index (χ3v) is 12.3. The lowest BCUT2D eigenvalue weighted by atomic mass is 9.64. The fraction of sp³-hybridized carbons (Fsp3) is 0.524. The van der Waals surface area contributed by atoms with Crippen molar-refractivity contribution in [1.82, 2.24) is 4.90 Å². The number of carbonyl (C=O) groups excluding carboxylic acids is 2. The van der Waals surface area contributed by atoms with Crippen LogP contribution in [0.15, 0.2) is 60.2 Å². The van der Waals surface area contributed by atoms with Gasteiger partial charge in [-0.3, -0.25) is 9.59 Å². The highest BCUT2D eigenvalue weighted by Gasteiger charge is 2.57. The van der Waals surface area contributed by atoms with Crippen LogP contribution in [0, 0.1) is 12.3 Å². The highest BCUT2D eigenvalue weighted by molar-refractivity contribution is 7.14. The van der Waals surface area contributed by atoms with Gasteiger partial charge in [-0.15, -0.1) is 11.3 Å². The highest BCUT2D eigenvalue weighted by Crippen LogP contribution is 2.59. The molecule has 0 spiro atoms. The van der Waals surface area contributed by atoms with E-state index in [1.165, 1.54) is 16.9 Å². The predicted octanol–water partition coefficient (Wildman–Crippen LogP) is 7.45. The molecule has 8 nitrogen and oxygen atoms in total. The number of benzene rings is 2. The van der Waals surface area contributed by atoms with Crippen molar-refractivity contribution in [2.24, 2.45) is 5.41 Å². The molecule has 2 N–H and O–H groups in total. The van der Waals surface area contributed by atoms with E-state index in [0.717, 1.165) is 34.4 Å². The lowest BCUT2D eigenvalue weighted by molar-refractivity contribution is -0.139. The van der Waals surface area contributed by atoms with Gasteiger partial charge < -0.3 is 29.3 Å². The van der Waals surface area contributed by atoms with Crippen LogP contribution in [0.1, 0.15) is 102 Å². The number of aliphatic hydroxyl groups excluding tert-OH is 1. The monoisotopic (exact) mass is 717 g/mol. The SMILES string of the molecule is COCCCN(CC1(O)CCC2c3ccc(cc3C(=O)c3ccc(C)s3)CC(O)CCC(C)=CCCC21C)C(=O)Cc1ccc(OC)c(OC)c1. The fourth-order valence-corrected chi connectivity index (χ4v) is 8.99. The fourth-order valence-electron chi connectivity index (χ4n) is 8.17. The quantitative estimate of drug-likeness (QED) is 0.114. The van der Waals surface area contributed by atoms with E-state index < -0.39 is 17.1 Å². The van der Waals surface area contributed by atoms with E-state index >= 15 is 0 Å². The van der Waals surface area contributed by atoms with Crippen molar-refractivity contribution >= 4 is 23.0 Å². The minimum atomic E-state index is -1.22. The van der Waals surface area contributed by atoms with E-state index in [1.807, 2.05) is 43.3 Å². The molecule has 1 heterocycles. The summed E-state index contributed by atoms with van der Waals surface area (Å²) in [5.74, 6) is 0.929. The van der Waals surface area contributed by atoms with Crippen molar-refractivity contribution in [2.75, 3.05) is 41.0 Å². The van der Waals surface area contributed by atoms with Crippen LogP contribution in [-0.2, 0) is 22.4 Å². The number of hydrogen-bond acceptors (Lipinski definition) is 8. The summed E-state index contributed by atoms with van der Waals surface area (Å²) in [5, 5.41) is 23.9. The smallest absolute Gasteiger partial charge is 0.227 e. The maximum Gasteiger partial charge on any atom is 0.227 e. The van der Waals surface area contributed by atoms with Crippen molar-refractivity contribution in [3.05, 3.63) is 92.2 Å². The Morgan fingerprint density at radius 3 is 2.47 bits per heavy atom. The summed E-state index contributed by atoms with van der Waals surface area (Å²) in [7, 11) is 4.81. The molecule has 1 aromatic heterocycles. The number of rotatable bonds is 12. The van der Waals surface area contributed by atoms with Crippen LogP contribution < -0.4 is 9.47 Å². The summed E-state index contributed by atoms with van der Waals surface area (Å²) < 4.78 is 16.3. The zero-order chi connectivity index (χ0) is 36.8. The van der Waals surface area contributed by atoms with Crippen molar-refractivity contribution in [3.8, 4) is 11.5 Å². The molecule has 4 unspecified atom stereocenters.